The van der Waals surface area contributed by atoms with Gasteiger partial charge in [-0.2, -0.15) is 0 Å². The topological polar surface area (TPSA) is 77.3 Å². The van der Waals surface area contributed by atoms with Crippen LogP contribution in [-0.2, 0) is 9.53 Å². The van der Waals surface area contributed by atoms with E-state index in [2.05, 4.69) is 10.2 Å². The molecule has 1 aromatic heterocycles. The lowest BCUT2D eigenvalue weighted by atomic mass is 10.1. The van der Waals surface area contributed by atoms with E-state index >= 15 is 0 Å². The number of benzene rings is 3. The number of thioether (sulfide) groups is 1. The molecule has 0 saturated heterocycles. The molecule has 36 heavy (non-hydrogen) atoms. The third-order valence-electron chi connectivity index (χ3n) is 5.89. The van der Waals surface area contributed by atoms with E-state index in [4.69, 9.17) is 4.74 Å². The van der Waals surface area contributed by atoms with Gasteiger partial charge in [0.25, 0.3) is 5.91 Å². The Hall–Kier alpha value is -3.56. The van der Waals surface area contributed by atoms with Gasteiger partial charge in [0.05, 0.1) is 16.9 Å². The third-order valence-corrected chi connectivity index (χ3v) is 7.65. The first-order valence-corrected chi connectivity index (χ1v) is 13.5. The number of para-hydroxylation sites is 2. The number of hydrogen-bond acceptors (Lipinski definition) is 7. The minimum Gasteiger partial charge on any atom is -0.449 e. The lowest BCUT2D eigenvalue weighted by molar-refractivity contribution is -0.126. The van der Waals surface area contributed by atoms with Crippen molar-refractivity contribution < 1.29 is 14.3 Å². The van der Waals surface area contributed by atoms with Gasteiger partial charge < -0.3 is 4.74 Å². The van der Waals surface area contributed by atoms with Gasteiger partial charge in [-0.1, -0.05) is 54.7 Å². The average molecular weight is 517 g/mol. The molecule has 2 heterocycles. The summed E-state index contributed by atoms with van der Waals surface area (Å²) in [5.74, 6) is -0.0563. The van der Waals surface area contributed by atoms with Crippen LogP contribution < -0.4 is 4.90 Å². The van der Waals surface area contributed by atoms with Crippen molar-refractivity contribution in [3.63, 3.8) is 0 Å². The zero-order chi connectivity index (χ0) is 25.2. The highest BCUT2D eigenvalue weighted by atomic mass is 32.2. The second-order valence-corrected chi connectivity index (χ2v) is 9.99. The van der Waals surface area contributed by atoms with Crippen molar-refractivity contribution >= 4 is 46.8 Å². The molecule has 0 N–H and O–H groups in total. The minimum atomic E-state index is -0.926. The van der Waals surface area contributed by atoms with Crippen LogP contribution >= 0.6 is 23.5 Å². The largest absolute Gasteiger partial charge is 0.449 e. The van der Waals surface area contributed by atoms with Crippen LogP contribution in [0.15, 0.2) is 87.7 Å². The second kappa shape index (κ2) is 10.2. The Bertz CT molecular complexity index is 1390. The van der Waals surface area contributed by atoms with Crippen LogP contribution in [0.3, 0.4) is 0 Å². The van der Waals surface area contributed by atoms with Crippen LogP contribution in [-0.4, -0.2) is 39.0 Å². The summed E-state index contributed by atoms with van der Waals surface area (Å²) >= 11 is 3.12. The Morgan fingerprint density at radius 1 is 0.944 bits per heavy atom. The molecular formula is C27H24N4O3S2. The fraction of sp³-hybridized carbons (Fsp3) is 0.185. The Morgan fingerprint density at radius 3 is 2.14 bits per heavy atom. The predicted octanol–water partition coefficient (Wildman–Crippen LogP) is 6.06. The molecule has 0 fully saturated rings. The van der Waals surface area contributed by atoms with E-state index in [9.17, 15) is 9.59 Å². The molecule has 1 atom stereocenters. The number of anilines is 2. The van der Waals surface area contributed by atoms with Gasteiger partial charge in [0.2, 0.25) is 0 Å². The summed E-state index contributed by atoms with van der Waals surface area (Å²) in [4.78, 5) is 30.4. The average Bonchev–Trinajstić information content (AvgIpc) is 3.30. The zero-order valence-electron chi connectivity index (χ0n) is 20.0. The predicted molar refractivity (Wildman–Crippen MR) is 142 cm³/mol. The monoisotopic (exact) mass is 516 g/mol. The van der Waals surface area contributed by atoms with Gasteiger partial charge >= 0.3 is 5.97 Å². The first-order valence-electron chi connectivity index (χ1n) is 11.5. The maximum Gasteiger partial charge on any atom is 0.338 e. The molecular weight excluding hydrogens is 492 g/mol. The van der Waals surface area contributed by atoms with Crippen molar-refractivity contribution in [3.8, 4) is 5.69 Å². The quantitative estimate of drug-likeness (QED) is 0.228. The summed E-state index contributed by atoms with van der Waals surface area (Å²) in [6, 6.07) is 22.6. The number of ether oxygens (including phenoxy) is 1. The van der Waals surface area contributed by atoms with E-state index in [0.717, 1.165) is 37.8 Å². The van der Waals surface area contributed by atoms with Crippen molar-refractivity contribution in [2.75, 3.05) is 11.2 Å². The van der Waals surface area contributed by atoms with E-state index in [1.54, 1.807) is 28.8 Å². The van der Waals surface area contributed by atoms with Crippen LogP contribution in [0, 0.1) is 6.92 Å². The molecule has 7 nitrogen and oxygen atoms in total. The third kappa shape index (κ3) is 4.40. The minimum absolute atomic E-state index is 0.271. The summed E-state index contributed by atoms with van der Waals surface area (Å²) < 4.78 is 7.68. The van der Waals surface area contributed by atoms with E-state index in [0.29, 0.717) is 12.0 Å². The number of aromatic nitrogens is 3. The molecule has 3 aromatic carbocycles. The molecule has 0 saturated carbocycles. The number of fused-ring (bicyclic) bond motifs is 2. The van der Waals surface area contributed by atoms with E-state index in [1.165, 1.54) is 11.8 Å². The number of rotatable bonds is 6. The SMILES string of the molecule is CCC(OC(=O)c1ccc(-n2c(C)nnc2SC)cc1)C(=O)N1c2ccccc2Sc2ccccc21. The van der Waals surface area contributed by atoms with E-state index < -0.39 is 12.1 Å². The summed E-state index contributed by atoms with van der Waals surface area (Å²) in [6.07, 6.45) is 1.36. The van der Waals surface area contributed by atoms with Crippen molar-refractivity contribution in [2.45, 2.75) is 41.3 Å². The van der Waals surface area contributed by atoms with Gasteiger partial charge in [-0.05, 0) is 68.1 Å². The Kier molecular flexibility index (Phi) is 6.84. The molecule has 0 radical (unpaired) electrons. The van der Waals surface area contributed by atoms with E-state index in [1.807, 2.05) is 85.3 Å². The number of esters is 1. The van der Waals surface area contributed by atoms with Gasteiger partial charge in [0.1, 0.15) is 5.82 Å². The molecule has 0 bridgehead atoms. The zero-order valence-corrected chi connectivity index (χ0v) is 21.7. The number of carbonyl (C=O) groups excluding carboxylic acids is 2. The van der Waals surface area contributed by atoms with Crippen LogP contribution in [0.2, 0.25) is 0 Å². The number of carbonyl (C=O) groups is 2. The fourth-order valence-electron chi connectivity index (χ4n) is 4.11. The Labute approximate surface area is 217 Å². The molecule has 0 aliphatic carbocycles. The van der Waals surface area contributed by atoms with Gasteiger partial charge in [0, 0.05) is 15.5 Å². The van der Waals surface area contributed by atoms with Crippen molar-refractivity contribution in [2.24, 2.45) is 0 Å². The second-order valence-electron chi connectivity index (χ2n) is 8.13. The highest BCUT2D eigenvalue weighted by molar-refractivity contribution is 7.99. The molecule has 1 aliphatic rings. The van der Waals surface area contributed by atoms with Gasteiger partial charge in [-0.3, -0.25) is 14.3 Å². The maximum atomic E-state index is 13.8. The lowest BCUT2D eigenvalue weighted by Crippen LogP contribution is -2.39. The molecule has 5 rings (SSSR count). The van der Waals surface area contributed by atoms with Crippen molar-refractivity contribution in [1.29, 1.82) is 0 Å². The van der Waals surface area contributed by atoms with Crippen molar-refractivity contribution in [1.82, 2.24) is 14.8 Å². The van der Waals surface area contributed by atoms with Crippen LogP contribution in [0.4, 0.5) is 11.4 Å². The van der Waals surface area contributed by atoms with Gasteiger partial charge in [-0.25, -0.2) is 4.79 Å². The summed E-state index contributed by atoms with van der Waals surface area (Å²) in [7, 11) is 0. The van der Waals surface area contributed by atoms with Gasteiger partial charge in [0.15, 0.2) is 11.3 Å². The number of nitrogens with zero attached hydrogens (tertiary/aromatic N) is 4. The van der Waals surface area contributed by atoms with Crippen LogP contribution in [0.1, 0.15) is 29.5 Å². The Balaban J connectivity index is 1.39. The standard InChI is InChI=1S/C27H24N4O3S2/c1-4-22(25(32)31-20-9-5-7-11-23(20)36-24-12-8-6-10-21(24)31)34-26(33)18-13-15-19(16-14-18)30-17(2)28-29-27(30)35-3/h5-16,22H,4H2,1-3H3. The number of aryl methyl sites for hydroxylation is 1. The highest BCUT2D eigenvalue weighted by Crippen LogP contribution is 2.48. The number of hydrogen-bond donors (Lipinski definition) is 0. The van der Waals surface area contributed by atoms with Crippen molar-refractivity contribution in [3.05, 3.63) is 84.2 Å². The smallest absolute Gasteiger partial charge is 0.338 e. The fourth-order valence-corrected chi connectivity index (χ4v) is 5.71. The molecule has 182 valence electrons. The molecule has 4 aromatic rings. The summed E-state index contributed by atoms with van der Waals surface area (Å²) in [5.41, 5.74) is 2.80. The maximum absolute atomic E-state index is 13.8. The molecule has 1 amide bonds. The number of amides is 1. The van der Waals surface area contributed by atoms with E-state index in [-0.39, 0.29) is 5.91 Å². The van der Waals surface area contributed by atoms with Crippen LogP contribution in [0.25, 0.3) is 5.69 Å². The normalized spacial score (nSPS) is 13.0. The summed E-state index contributed by atoms with van der Waals surface area (Å²) in [6.45, 7) is 3.72. The van der Waals surface area contributed by atoms with Gasteiger partial charge in [-0.15, -0.1) is 10.2 Å². The first kappa shape index (κ1) is 24.1. The van der Waals surface area contributed by atoms with Crippen LogP contribution in [0.5, 0.6) is 0 Å². The molecule has 9 heteroatoms. The first-order chi connectivity index (χ1) is 17.5. The molecule has 1 unspecified atom stereocenters. The summed E-state index contributed by atoms with van der Waals surface area (Å²) in [5, 5.41) is 9.04. The molecule has 1 aliphatic heterocycles. The lowest BCUT2D eigenvalue weighted by Gasteiger charge is -2.33. The Morgan fingerprint density at radius 2 is 1.56 bits per heavy atom. The highest BCUT2D eigenvalue weighted by Gasteiger charge is 2.34. The molecule has 0 spiro atoms.